The number of nitrogens with one attached hydrogen (secondary N) is 1. The van der Waals surface area contributed by atoms with E-state index in [1.54, 1.807) is 26.0 Å². The lowest BCUT2D eigenvalue weighted by Crippen LogP contribution is -2.17. The first-order chi connectivity index (χ1) is 9.40. The molecule has 1 amide bonds. The first-order valence-electron chi connectivity index (χ1n) is 5.92. The van der Waals surface area contributed by atoms with Gasteiger partial charge in [0.2, 0.25) is 0 Å². The van der Waals surface area contributed by atoms with Gasteiger partial charge in [0.25, 0.3) is 5.91 Å². The van der Waals surface area contributed by atoms with Crippen LogP contribution in [0.25, 0.3) is 0 Å². The molecule has 0 atom stereocenters. The highest BCUT2D eigenvalue weighted by molar-refractivity contribution is 9.10. The largest absolute Gasteiger partial charge is 0.317 e. The summed E-state index contributed by atoms with van der Waals surface area (Å²) in [6, 6.07) is 7.57. The van der Waals surface area contributed by atoms with Crippen molar-refractivity contribution in [2.45, 2.75) is 13.8 Å². The number of aryl methyl sites for hydroxylation is 2. The highest BCUT2D eigenvalue weighted by atomic mass is 79.9. The smallest absolute Gasteiger partial charge is 0.256 e. The second-order valence-electron chi connectivity index (χ2n) is 4.47. The molecule has 0 aromatic heterocycles. The first-order valence-corrected chi connectivity index (χ1v) is 6.71. The van der Waals surface area contributed by atoms with Crippen LogP contribution in [0.5, 0.6) is 0 Å². The van der Waals surface area contributed by atoms with Crippen LogP contribution >= 0.6 is 15.9 Å². The molecule has 0 bridgehead atoms. The standard InChI is InChI=1S/C15H12BrF2NO/c1-8-4-3-5-9(2)13(8)15(20)19-14-11(17)6-10(16)7-12(14)18/h3-7H,1-2H3,(H,19,20). The molecule has 2 nitrogen and oxygen atoms in total. The Balaban J connectivity index is 2.38. The van der Waals surface area contributed by atoms with Crippen molar-refractivity contribution in [3.05, 3.63) is 63.1 Å². The van der Waals surface area contributed by atoms with Crippen LogP contribution in [-0.4, -0.2) is 5.91 Å². The van der Waals surface area contributed by atoms with E-state index in [1.165, 1.54) is 0 Å². The Labute approximate surface area is 123 Å². The molecular formula is C15H12BrF2NO. The van der Waals surface area contributed by atoms with E-state index in [2.05, 4.69) is 21.2 Å². The van der Waals surface area contributed by atoms with Crippen LogP contribution in [0.2, 0.25) is 0 Å². The minimum atomic E-state index is -0.823. The number of rotatable bonds is 2. The molecule has 0 spiro atoms. The maximum Gasteiger partial charge on any atom is 0.256 e. The van der Waals surface area contributed by atoms with E-state index in [1.807, 2.05) is 6.07 Å². The molecule has 0 aliphatic heterocycles. The average Bonchev–Trinajstić information content (AvgIpc) is 2.33. The second-order valence-corrected chi connectivity index (χ2v) is 5.38. The van der Waals surface area contributed by atoms with Gasteiger partial charge in [-0.25, -0.2) is 8.78 Å². The van der Waals surface area contributed by atoms with E-state index in [-0.39, 0.29) is 4.47 Å². The van der Waals surface area contributed by atoms with Crippen molar-refractivity contribution in [3.8, 4) is 0 Å². The number of benzene rings is 2. The molecule has 1 N–H and O–H groups in total. The molecule has 0 aliphatic rings. The highest BCUT2D eigenvalue weighted by Crippen LogP contribution is 2.25. The molecule has 0 heterocycles. The molecule has 5 heteroatoms. The van der Waals surface area contributed by atoms with Crippen LogP contribution in [0.1, 0.15) is 21.5 Å². The van der Waals surface area contributed by atoms with Crippen LogP contribution in [0.3, 0.4) is 0 Å². The van der Waals surface area contributed by atoms with Crippen LogP contribution in [0.15, 0.2) is 34.8 Å². The Hall–Kier alpha value is -1.75. The van der Waals surface area contributed by atoms with Crippen molar-refractivity contribution in [1.82, 2.24) is 0 Å². The molecule has 0 saturated carbocycles. The highest BCUT2D eigenvalue weighted by Gasteiger charge is 2.17. The fourth-order valence-corrected chi connectivity index (χ4v) is 2.41. The van der Waals surface area contributed by atoms with Crippen LogP contribution in [0.4, 0.5) is 14.5 Å². The zero-order valence-corrected chi connectivity index (χ0v) is 12.5. The molecule has 2 rings (SSSR count). The predicted octanol–water partition coefficient (Wildman–Crippen LogP) is 4.60. The second kappa shape index (κ2) is 5.71. The Morgan fingerprint density at radius 3 is 2.10 bits per heavy atom. The predicted molar refractivity (Wildman–Crippen MR) is 77.9 cm³/mol. The first kappa shape index (κ1) is 14.7. The van der Waals surface area contributed by atoms with E-state index >= 15 is 0 Å². The van der Waals surface area contributed by atoms with Crippen molar-refractivity contribution in [2.75, 3.05) is 5.32 Å². The minimum absolute atomic E-state index is 0.276. The summed E-state index contributed by atoms with van der Waals surface area (Å²) >= 11 is 2.99. The summed E-state index contributed by atoms with van der Waals surface area (Å²) in [6.45, 7) is 3.55. The zero-order chi connectivity index (χ0) is 14.9. The maximum atomic E-state index is 13.7. The molecular weight excluding hydrogens is 328 g/mol. The van der Waals surface area contributed by atoms with Crippen molar-refractivity contribution in [1.29, 1.82) is 0 Å². The summed E-state index contributed by atoms with van der Waals surface area (Å²) in [7, 11) is 0. The fraction of sp³-hybridized carbons (Fsp3) is 0.133. The van der Waals surface area contributed by atoms with Gasteiger partial charge in [0, 0.05) is 10.0 Å². The van der Waals surface area contributed by atoms with Gasteiger partial charge in [-0.2, -0.15) is 0 Å². The molecule has 20 heavy (non-hydrogen) atoms. The molecule has 0 unspecified atom stereocenters. The van der Waals surface area contributed by atoms with Gasteiger partial charge in [0.1, 0.15) is 5.69 Å². The fourth-order valence-electron chi connectivity index (χ4n) is 2.01. The van der Waals surface area contributed by atoms with Crippen molar-refractivity contribution >= 4 is 27.5 Å². The lowest BCUT2D eigenvalue weighted by atomic mass is 10.0. The number of amides is 1. The number of anilines is 1. The Kier molecular flexibility index (Phi) is 4.18. The van der Waals surface area contributed by atoms with Gasteiger partial charge in [0.15, 0.2) is 11.6 Å². The molecule has 2 aromatic carbocycles. The van der Waals surface area contributed by atoms with Crippen LogP contribution < -0.4 is 5.32 Å². The summed E-state index contributed by atoms with van der Waals surface area (Å²) in [5.41, 5.74) is 1.48. The van der Waals surface area contributed by atoms with E-state index < -0.39 is 23.2 Å². The summed E-state index contributed by atoms with van der Waals surface area (Å²) in [6.07, 6.45) is 0. The normalized spacial score (nSPS) is 10.4. The van der Waals surface area contributed by atoms with E-state index in [0.29, 0.717) is 5.56 Å². The third kappa shape index (κ3) is 2.88. The van der Waals surface area contributed by atoms with Crippen molar-refractivity contribution < 1.29 is 13.6 Å². The Bertz CT molecular complexity index is 642. The summed E-state index contributed by atoms with van der Waals surface area (Å²) in [5, 5.41) is 2.29. The molecule has 0 fully saturated rings. The lowest BCUT2D eigenvalue weighted by Gasteiger charge is -2.12. The topological polar surface area (TPSA) is 29.1 Å². The quantitative estimate of drug-likeness (QED) is 0.851. The van der Waals surface area contributed by atoms with Gasteiger partial charge in [-0.3, -0.25) is 4.79 Å². The summed E-state index contributed by atoms with van der Waals surface area (Å²) < 4.78 is 27.7. The van der Waals surface area contributed by atoms with E-state index in [9.17, 15) is 13.6 Å². The summed E-state index contributed by atoms with van der Waals surface area (Å²) in [5.74, 6) is -2.17. The third-order valence-corrected chi connectivity index (χ3v) is 3.41. The molecule has 0 aliphatic carbocycles. The number of halogens is 3. The monoisotopic (exact) mass is 339 g/mol. The molecule has 0 saturated heterocycles. The number of carbonyl (C=O) groups is 1. The van der Waals surface area contributed by atoms with Gasteiger partial charge in [-0.1, -0.05) is 34.1 Å². The van der Waals surface area contributed by atoms with Gasteiger partial charge >= 0.3 is 0 Å². The molecule has 2 aromatic rings. The van der Waals surface area contributed by atoms with Gasteiger partial charge in [0.05, 0.1) is 0 Å². The van der Waals surface area contributed by atoms with E-state index in [0.717, 1.165) is 23.3 Å². The number of hydrogen-bond donors (Lipinski definition) is 1. The lowest BCUT2D eigenvalue weighted by molar-refractivity contribution is 0.102. The number of hydrogen-bond acceptors (Lipinski definition) is 1. The van der Waals surface area contributed by atoms with E-state index in [4.69, 9.17) is 0 Å². The SMILES string of the molecule is Cc1cccc(C)c1C(=O)Nc1c(F)cc(Br)cc1F. The summed E-state index contributed by atoms with van der Waals surface area (Å²) in [4.78, 5) is 12.2. The maximum absolute atomic E-state index is 13.7. The third-order valence-electron chi connectivity index (χ3n) is 2.95. The Morgan fingerprint density at radius 1 is 1.10 bits per heavy atom. The minimum Gasteiger partial charge on any atom is -0.317 e. The van der Waals surface area contributed by atoms with Gasteiger partial charge in [-0.05, 0) is 37.1 Å². The van der Waals surface area contributed by atoms with Crippen molar-refractivity contribution in [3.63, 3.8) is 0 Å². The Morgan fingerprint density at radius 2 is 1.60 bits per heavy atom. The number of carbonyl (C=O) groups excluding carboxylic acids is 1. The van der Waals surface area contributed by atoms with Crippen LogP contribution in [0, 0.1) is 25.5 Å². The van der Waals surface area contributed by atoms with Crippen molar-refractivity contribution in [2.24, 2.45) is 0 Å². The van der Waals surface area contributed by atoms with Gasteiger partial charge in [-0.15, -0.1) is 0 Å². The molecule has 0 radical (unpaired) electrons. The zero-order valence-electron chi connectivity index (χ0n) is 10.9. The van der Waals surface area contributed by atoms with Crippen LogP contribution in [-0.2, 0) is 0 Å². The average molecular weight is 340 g/mol. The van der Waals surface area contributed by atoms with Gasteiger partial charge < -0.3 is 5.32 Å². The molecule has 104 valence electrons.